The number of carbonyl (C=O) groups is 1. The van der Waals surface area contributed by atoms with Crippen LogP contribution in [-0.2, 0) is 4.79 Å². The third kappa shape index (κ3) is 5.13. The number of ether oxygens (including phenoxy) is 1. The summed E-state index contributed by atoms with van der Waals surface area (Å²) in [6.45, 7) is 2.33. The number of rotatable bonds is 6. The summed E-state index contributed by atoms with van der Waals surface area (Å²) in [6, 6.07) is 12.9. The zero-order valence-corrected chi connectivity index (χ0v) is 14.5. The van der Waals surface area contributed by atoms with Crippen LogP contribution in [0.15, 0.2) is 42.5 Å². The van der Waals surface area contributed by atoms with Gasteiger partial charge in [0.1, 0.15) is 11.8 Å². The Morgan fingerprint density at radius 3 is 2.48 bits per heavy atom. The minimum absolute atomic E-state index is 0.119. The Bertz CT molecular complexity index is 675. The summed E-state index contributed by atoms with van der Waals surface area (Å²) in [5, 5.41) is 6.01. The molecule has 6 heteroatoms. The Balaban J connectivity index is 1.92. The van der Waals surface area contributed by atoms with Gasteiger partial charge in [0, 0.05) is 15.6 Å². The quantitative estimate of drug-likeness (QED) is 0.837. The second-order valence-corrected chi connectivity index (χ2v) is 6.05. The van der Waals surface area contributed by atoms with E-state index in [2.05, 4.69) is 5.32 Å². The van der Waals surface area contributed by atoms with Gasteiger partial charge in [0.25, 0.3) is 5.91 Å². The zero-order chi connectivity index (χ0) is 16.8. The van der Waals surface area contributed by atoms with Gasteiger partial charge >= 0.3 is 0 Å². The molecule has 0 bridgehead atoms. The van der Waals surface area contributed by atoms with Crippen molar-refractivity contribution in [3.63, 3.8) is 0 Å². The van der Waals surface area contributed by atoms with Crippen molar-refractivity contribution in [2.24, 2.45) is 0 Å². The highest BCUT2D eigenvalue weighted by Gasteiger charge is 2.13. The van der Waals surface area contributed by atoms with E-state index in [9.17, 15) is 4.79 Å². The third-order valence-corrected chi connectivity index (χ3v) is 3.98. The minimum atomic E-state index is -0.119. The van der Waals surface area contributed by atoms with E-state index in [1.165, 1.54) is 0 Å². The third-order valence-electron chi connectivity index (χ3n) is 3.49. The van der Waals surface area contributed by atoms with Crippen LogP contribution in [0.1, 0.15) is 18.5 Å². The Labute approximate surface area is 145 Å². The lowest BCUT2D eigenvalue weighted by atomic mass is 10.1. The van der Waals surface area contributed by atoms with E-state index in [1.54, 1.807) is 25.3 Å². The maximum absolute atomic E-state index is 12.1. The van der Waals surface area contributed by atoms with Crippen molar-refractivity contribution in [2.45, 2.75) is 13.0 Å². The first-order valence-electron chi connectivity index (χ1n) is 7.22. The SMILES string of the molecule is COc1ccc(Cl)cc1NC(=O)C[NH2+][C@@H](C)c1ccc(Cl)cc1. The first-order chi connectivity index (χ1) is 11.0. The van der Waals surface area contributed by atoms with Crippen LogP contribution in [-0.4, -0.2) is 19.6 Å². The van der Waals surface area contributed by atoms with E-state index < -0.39 is 0 Å². The van der Waals surface area contributed by atoms with Crippen molar-refractivity contribution in [1.29, 1.82) is 0 Å². The van der Waals surface area contributed by atoms with Gasteiger partial charge in [-0.1, -0.05) is 35.3 Å². The lowest BCUT2D eigenvalue weighted by molar-refractivity contribution is -0.682. The monoisotopic (exact) mass is 353 g/mol. The van der Waals surface area contributed by atoms with Crippen LogP contribution in [0, 0.1) is 0 Å². The summed E-state index contributed by atoms with van der Waals surface area (Å²) >= 11 is 11.8. The van der Waals surface area contributed by atoms with E-state index in [-0.39, 0.29) is 11.9 Å². The topological polar surface area (TPSA) is 54.9 Å². The van der Waals surface area contributed by atoms with Gasteiger partial charge in [-0.05, 0) is 37.3 Å². The van der Waals surface area contributed by atoms with Gasteiger partial charge in [-0.3, -0.25) is 4.79 Å². The molecule has 23 heavy (non-hydrogen) atoms. The maximum atomic E-state index is 12.1. The fourth-order valence-corrected chi connectivity index (χ4v) is 2.46. The molecule has 0 radical (unpaired) electrons. The largest absolute Gasteiger partial charge is 0.495 e. The molecule has 0 saturated carbocycles. The molecule has 1 amide bonds. The number of halogens is 2. The Morgan fingerprint density at radius 2 is 1.83 bits per heavy atom. The Hall–Kier alpha value is -1.75. The molecule has 0 spiro atoms. The van der Waals surface area contributed by atoms with Gasteiger partial charge < -0.3 is 15.4 Å². The number of nitrogens with two attached hydrogens (primary N) is 1. The number of carbonyl (C=O) groups excluding carboxylic acids is 1. The fraction of sp³-hybridized carbons (Fsp3) is 0.235. The molecule has 0 aliphatic carbocycles. The van der Waals surface area contributed by atoms with Crippen molar-refractivity contribution < 1.29 is 14.8 Å². The molecule has 0 aliphatic rings. The lowest BCUT2D eigenvalue weighted by Crippen LogP contribution is -2.86. The van der Waals surface area contributed by atoms with Crippen molar-refractivity contribution in [2.75, 3.05) is 19.0 Å². The number of anilines is 1. The number of quaternary nitrogens is 1. The summed E-state index contributed by atoms with van der Waals surface area (Å²) in [7, 11) is 1.55. The van der Waals surface area contributed by atoms with Crippen LogP contribution in [0.2, 0.25) is 10.0 Å². The molecule has 122 valence electrons. The van der Waals surface area contributed by atoms with Crippen LogP contribution < -0.4 is 15.4 Å². The molecule has 4 nitrogen and oxygen atoms in total. The van der Waals surface area contributed by atoms with Crippen LogP contribution in [0.3, 0.4) is 0 Å². The van der Waals surface area contributed by atoms with E-state index >= 15 is 0 Å². The normalized spacial score (nSPS) is 11.8. The smallest absolute Gasteiger partial charge is 0.279 e. The first kappa shape index (κ1) is 17.6. The molecule has 3 N–H and O–H groups in total. The molecular formula is C17H19Cl2N2O2+. The highest BCUT2D eigenvalue weighted by atomic mass is 35.5. The number of hydrogen-bond acceptors (Lipinski definition) is 2. The molecule has 0 fully saturated rings. The predicted octanol–water partition coefficient (Wildman–Crippen LogP) is 3.27. The number of benzene rings is 2. The van der Waals surface area contributed by atoms with Crippen LogP contribution in [0.25, 0.3) is 0 Å². The van der Waals surface area contributed by atoms with Gasteiger partial charge in [0.15, 0.2) is 6.54 Å². The van der Waals surface area contributed by atoms with Gasteiger partial charge in [-0.15, -0.1) is 0 Å². The molecule has 2 aromatic rings. The number of methoxy groups -OCH3 is 1. The molecule has 0 saturated heterocycles. The average molecular weight is 354 g/mol. The standard InChI is InChI=1S/C17H18Cl2N2O2/c1-11(12-3-5-13(18)6-4-12)20-10-17(22)21-15-9-14(19)7-8-16(15)23-2/h3-9,11,20H,10H2,1-2H3,(H,21,22)/p+1/t11-/m0/s1. The lowest BCUT2D eigenvalue weighted by Gasteiger charge is -2.13. The minimum Gasteiger partial charge on any atom is -0.495 e. The maximum Gasteiger partial charge on any atom is 0.279 e. The van der Waals surface area contributed by atoms with Gasteiger partial charge in [0.05, 0.1) is 12.8 Å². The number of hydrogen-bond donors (Lipinski definition) is 2. The highest BCUT2D eigenvalue weighted by Crippen LogP contribution is 2.27. The van der Waals surface area contributed by atoms with Crippen LogP contribution >= 0.6 is 23.2 Å². The summed E-state index contributed by atoms with van der Waals surface area (Å²) in [5.41, 5.74) is 1.68. The molecule has 0 aromatic heterocycles. The summed E-state index contributed by atoms with van der Waals surface area (Å²) in [6.07, 6.45) is 0. The molecule has 2 rings (SSSR count). The predicted molar refractivity (Wildman–Crippen MR) is 93.3 cm³/mol. The highest BCUT2D eigenvalue weighted by molar-refractivity contribution is 6.31. The van der Waals surface area contributed by atoms with Crippen molar-refractivity contribution in [3.8, 4) is 5.75 Å². The van der Waals surface area contributed by atoms with E-state index in [0.29, 0.717) is 28.0 Å². The second-order valence-electron chi connectivity index (χ2n) is 5.17. The molecule has 0 heterocycles. The molecule has 1 atom stereocenters. The van der Waals surface area contributed by atoms with Gasteiger partial charge in [-0.2, -0.15) is 0 Å². The molecule has 2 aromatic carbocycles. The summed E-state index contributed by atoms with van der Waals surface area (Å²) in [5.74, 6) is 0.458. The first-order valence-corrected chi connectivity index (χ1v) is 7.97. The van der Waals surface area contributed by atoms with Gasteiger partial charge in [0.2, 0.25) is 0 Å². The van der Waals surface area contributed by atoms with Crippen molar-refractivity contribution >= 4 is 34.8 Å². The molecular weight excluding hydrogens is 335 g/mol. The fourth-order valence-electron chi connectivity index (χ4n) is 2.17. The summed E-state index contributed by atoms with van der Waals surface area (Å²) in [4.78, 5) is 12.1. The number of nitrogens with one attached hydrogen (secondary N) is 1. The van der Waals surface area contributed by atoms with E-state index in [0.717, 1.165) is 5.56 Å². The molecule has 0 unspecified atom stereocenters. The van der Waals surface area contributed by atoms with Gasteiger partial charge in [-0.25, -0.2) is 0 Å². The summed E-state index contributed by atoms with van der Waals surface area (Å²) < 4.78 is 5.21. The Morgan fingerprint density at radius 1 is 1.17 bits per heavy atom. The number of amides is 1. The molecule has 0 aliphatic heterocycles. The van der Waals surface area contributed by atoms with Crippen LogP contribution in [0.5, 0.6) is 5.75 Å². The van der Waals surface area contributed by atoms with Crippen LogP contribution in [0.4, 0.5) is 5.69 Å². The van der Waals surface area contributed by atoms with E-state index in [1.807, 2.05) is 36.5 Å². The van der Waals surface area contributed by atoms with Crippen molar-refractivity contribution in [3.05, 3.63) is 58.1 Å². The second kappa shape index (κ2) is 8.20. The van der Waals surface area contributed by atoms with E-state index in [4.69, 9.17) is 27.9 Å². The Kier molecular flexibility index (Phi) is 6.28. The zero-order valence-electron chi connectivity index (χ0n) is 13.0. The van der Waals surface area contributed by atoms with Crippen molar-refractivity contribution in [1.82, 2.24) is 0 Å². The average Bonchev–Trinajstić information content (AvgIpc) is 2.53.